The number of nitrogens with zero attached hydrogens (tertiary/aromatic N) is 3. The van der Waals surface area contributed by atoms with Gasteiger partial charge in [-0.2, -0.15) is 9.41 Å². The molecule has 1 aromatic heterocycles. The second-order valence-corrected chi connectivity index (χ2v) is 9.65. The van der Waals surface area contributed by atoms with E-state index in [2.05, 4.69) is 31.4 Å². The summed E-state index contributed by atoms with van der Waals surface area (Å²) in [6, 6.07) is 17.3. The number of aromatic nitrogens is 1. The predicted octanol–water partition coefficient (Wildman–Crippen LogP) is 3.49. The second-order valence-electron chi connectivity index (χ2n) is 6.79. The predicted molar refractivity (Wildman–Crippen MR) is 123 cm³/mol. The fraction of sp³-hybridized carbons (Fsp3) is 0.136. The number of sulfonamides is 1. The van der Waals surface area contributed by atoms with Crippen molar-refractivity contribution in [1.82, 2.24) is 14.7 Å². The minimum Gasteiger partial charge on any atom is -0.272 e. The highest BCUT2D eigenvalue weighted by Gasteiger charge is 2.26. The van der Waals surface area contributed by atoms with E-state index in [1.165, 1.54) is 18.3 Å². The number of pyridine rings is 1. The highest BCUT2D eigenvalue weighted by atomic mass is 79.9. The summed E-state index contributed by atoms with van der Waals surface area (Å²) in [5.41, 5.74) is 4.79. The molecule has 160 valence electrons. The number of carbonyl (C=O) groups is 1. The molecule has 31 heavy (non-hydrogen) atoms. The van der Waals surface area contributed by atoms with Crippen molar-refractivity contribution in [2.24, 2.45) is 5.10 Å². The van der Waals surface area contributed by atoms with Crippen molar-refractivity contribution in [2.45, 2.75) is 18.4 Å². The number of hydrazone groups is 1. The molecule has 3 aromatic rings. The monoisotopic (exact) mass is 500 g/mol. The Balaban J connectivity index is 1.79. The lowest BCUT2D eigenvalue weighted by molar-refractivity contribution is -0.121. The zero-order chi connectivity index (χ0) is 22.3. The molecule has 1 heterocycles. The smallest absolute Gasteiger partial charge is 0.255 e. The fourth-order valence-electron chi connectivity index (χ4n) is 2.71. The third-order valence-corrected chi connectivity index (χ3v) is 6.67. The molecule has 0 fully saturated rings. The van der Waals surface area contributed by atoms with E-state index in [1.807, 2.05) is 19.1 Å². The Kier molecular flexibility index (Phi) is 7.67. The average Bonchev–Trinajstić information content (AvgIpc) is 2.76. The quantitative estimate of drug-likeness (QED) is 0.378. The van der Waals surface area contributed by atoms with Gasteiger partial charge >= 0.3 is 0 Å². The van der Waals surface area contributed by atoms with Gasteiger partial charge in [-0.1, -0.05) is 51.8 Å². The number of carbonyl (C=O) groups excluding carboxylic acids is 1. The van der Waals surface area contributed by atoms with E-state index >= 15 is 0 Å². The lowest BCUT2D eigenvalue weighted by Crippen LogP contribution is -2.39. The lowest BCUT2D eigenvalue weighted by atomic mass is 10.2. The standard InChI is InChI=1S/C22H21BrN4O3S/c1-17-4-10-21(11-5-17)31(29,30)27(15-18-6-8-20(23)9-7-18)16-22(28)26-25-14-19-3-2-12-24-13-19/h2-14H,15-16H2,1H3,(H,26,28)/b25-14-. The SMILES string of the molecule is Cc1ccc(S(=O)(=O)N(CC(=O)N/N=C\c2cccnc2)Cc2ccc(Br)cc2)cc1. The van der Waals surface area contributed by atoms with Crippen LogP contribution in [0.15, 0.2) is 87.5 Å². The molecular weight excluding hydrogens is 480 g/mol. The number of halogens is 1. The van der Waals surface area contributed by atoms with Gasteiger partial charge in [0.1, 0.15) is 0 Å². The van der Waals surface area contributed by atoms with Gasteiger partial charge in [-0.3, -0.25) is 9.78 Å². The molecule has 0 atom stereocenters. The van der Waals surface area contributed by atoms with E-state index in [0.29, 0.717) is 5.56 Å². The minimum absolute atomic E-state index is 0.0449. The molecule has 0 bridgehead atoms. The summed E-state index contributed by atoms with van der Waals surface area (Å²) < 4.78 is 28.5. The van der Waals surface area contributed by atoms with E-state index in [-0.39, 0.29) is 18.0 Å². The van der Waals surface area contributed by atoms with Crippen LogP contribution in [0.4, 0.5) is 0 Å². The van der Waals surface area contributed by atoms with Gasteiger partial charge in [-0.05, 0) is 42.8 Å². The van der Waals surface area contributed by atoms with Crippen LogP contribution in [0.2, 0.25) is 0 Å². The van der Waals surface area contributed by atoms with Crippen LogP contribution in [0.1, 0.15) is 16.7 Å². The number of amides is 1. The van der Waals surface area contributed by atoms with Crippen LogP contribution < -0.4 is 5.43 Å². The normalized spacial score (nSPS) is 11.7. The number of rotatable bonds is 8. The highest BCUT2D eigenvalue weighted by molar-refractivity contribution is 9.10. The molecular formula is C22H21BrN4O3S. The van der Waals surface area contributed by atoms with Crippen LogP contribution in [0, 0.1) is 6.92 Å². The lowest BCUT2D eigenvalue weighted by Gasteiger charge is -2.21. The van der Waals surface area contributed by atoms with Crippen molar-refractivity contribution in [1.29, 1.82) is 0 Å². The van der Waals surface area contributed by atoms with Gasteiger partial charge in [-0.15, -0.1) is 0 Å². The summed E-state index contributed by atoms with van der Waals surface area (Å²) in [7, 11) is -3.90. The van der Waals surface area contributed by atoms with Crippen molar-refractivity contribution >= 4 is 38.1 Å². The van der Waals surface area contributed by atoms with Gasteiger partial charge in [0, 0.05) is 29.0 Å². The summed E-state index contributed by atoms with van der Waals surface area (Å²) >= 11 is 3.37. The van der Waals surface area contributed by atoms with Gasteiger partial charge < -0.3 is 0 Å². The second kappa shape index (κ2) is 10.4. The van der Waals surface area contributed by atoms with Crippen molar-refractivity contribution < 1.29 is 13.2 Å². The Hall–Kier alpha value is -2.88. The molecule has 0 aliphatic carbocycles. The Morgan fingerprint density at radius 2 is 1.84 bits per heavy atom. The molecule has 3 rings (SSSR count). The third kappa shape index (κ3) is 6.55. The van der Waals surface area contributed by atoms with Crippen molar-refractivity contribution in [3.05, 3.63) is 94.2 Å². The van der Waals surface area contributed by atoms with Crippen LogP contribution in [0.5, 0.6) is 0 Å². The summed E-state index contributed by atoms with van der Waals surface area (Å²) in [6.45, 7) is 1.55. The fourth-order valence-corrected chi connectivity index (χ4v) is 4.35. The first kappa shape index (κ1) is 22.8. The Morgan fingerprint density at radius 1 is 1.13 bits per heavy atom. The average molecular weight is 501 g/mol. The van der Waals surface area contributed by atoms with Crippen LogP contribution in [0.25, 0.3) is 0 Å². The van der Waals surface area contributed by atoms with Gasteiger partial charge in [-0.25, -0.2) is 13.8 Å². The van der Waals surface area contributed by atoms with Crippen LogP contribution >= 0.6 is 15.9 Å². The van der Waals surface area contributed by atoms with E-state index in [1.54, 1.807) is 48.8 Å². The van der Waals surface area contributed by atoms with Crippen molar-refractivity contribution in [3.8, 4) is 0 Å². The zero-order valence-corrected chi connectivity index (χ0v) is 19.2. The minimum atomic E-state index is -3.90. The molecule has 0 unspecified atom stereocenters. The number of hydrogen-bond acceptors (Lipinski definition) is 5. The van der Waals surface area contributed by atoms with Gasteiger partial charge in [0.15, 0.2) is 0 Å². The molecule has 0 radical (unpaired) electrons. The van der Waals surface area contributed by atoms with Gasteiger partial charge in [0.05, 0.1) is 17.7 Å². The largest absolute Gasteiger partial charge is 0.272 e. The number of nitrogens with one attached hydrogen (secondary N) is 1. The molecule has 0 aliphatic heterocycles. The summed E-state index contributed by atoms with van der Waals surface area (Å²) in [4.78, 5) is 16.6. The highest BCUT2D eigenvalue weighted by Crippen LogP contribution is 2.20. The first-order chi connectivity index (χ1) is 14.8. The summed E-state index contributed by atoms with van der Waals surface area (Å²) in [6.07, 6.45) is 4.67. The van der Waals surface area contributed by atoms with Crippen molar-refractivity contribution in [2.75, 3.05) is 6.54 Å². The molecule has 7 nitrogen and oxygen atoms in total. The molecule has 1 N–H and O–H groups in total. The number of benzene rings is 2. The van der Waals surface area contributed by atoms with E-state index in [4.69, 9.17) is 0 Å². The summed E-state index contributed by atoms with van der Waals surface area (Å²) in [5, 5.41) is 3.89. The maximum absolute atomic E-state index is 13.2. The van der Waals surface area contributed by atoms with Crippen LogP contribution in [-0.4, -0.2) is 36.4 Å². The van der Waals surface area contributed by atoms with Gasteiger partial charge in [0.2, 0.25) is 10.0 Å². The molecule has 0 saturated heterocycles. The number of aryl methyl sites for hydroxylation is 1. The van der Waals surface area contributed by atoms with E-state index in [0.717, 1.165) is 19.9 Å². The molecule has 0 spiro atoms. The van der Waals surface area contributed by atoms with Crippen LogP contribution in [-0.2, 0) is 21.4 Å². The Labute approximate surface area is 190 Å². The first-order valence-corrected chi connectivity index (χ1v) is 11.6. The third-order valence-electron chi connectivity index (χ3n) is 4.34. The first-order valence-electron chi connectivity index (χ1n) is 9.38. The maximum Gasteiger partial charge on any atom is 0.255 e. The summed E-state index contributed by atoms with van der Waals surface area (Å²) in [5.74, 6) is -0.548. The zero-order valence-electron chi connectivity index (χ0n) is 16.8. The topological polar surface area (TPSA) is 91.7 Å². The Morgan fingerprint density at radius 3 is 2.48 bits per heavy atom. The van der Waals surface area contributed by atoms with E-state index in [9.17, 15) is 13.2 Å². The van der Waals surface area contributed by atoms with Crippen LogP contribution in [0.3, 0.4) is 0 Å². The van der Waals surface area contributed by atoms with Gasteiger partial charge in [0.25, 0.3) is 5.91 Å². The van der Waals surface area contributed by atoms with E-state index < -0.39 is 15.9 Å². The number of hydrogen-bond donors (Lipinski definition) is 1. The molecule has 2 aromatic carbocycles. The van der Waals surface area contributed by atoms with Crippen molar-refractivity contribution in [3.63, 3.8) is 0 Å². The molecule has 1 amide bonds. The molecule has 0 aliphatic rings. The molecule has 9 heteroatoms. The maximum atomic E-state index is 13.2. The molecule has 0 saturated carbocycles. The Bertz CT molecular complexity index is 1150.